The first-order chi connectivity index (χ1) is 11.2. The van der Waals surface area contributed by atoms with Crippen molar-refractivity contribution < 1.29 is 9.90 Å². The molecule has 23 heavy (non-hydrogen) atoms. The molecule has 116 valence electrons. The van der Waals surface area contributed by atoms with Gasteiger partial charge in [-0.25, -0.2) is 0 Å². The van der Waals surface area contributed by atoms with Crippen molar-refractivity contribution in [3.63, 3.8) is 0 Å². The fourth-order valence-corrected chi connectivity index (χ4v) is 2.29. The van der Waals surface area contributed by atoms with Gasteiger partial charge in [0.05, 0.1) is 12.1 Å². The van der Waals surface area contributed by atoms with Gasteiger partial charge in [-0.15, -0.1) is 0 Å². The van der Waals surface area contributed by atoms with Crippen LogP contribution in [0.3, 0.4) is 0 Å². The highest BCUT2D eigenvalue weighted by atomic mass is 16.3. The Balaban J connectivity index is 1.58. The number of aromatic hydroxyl groups is 1. The Kier molecular flexibility index (Phi) is 4.38. The Morgan fingerprint density at radius 1 is 1.04 bits per heavy atom. The Bertz CT molecular complexity index is 780. The number of amides is 1. The predicted octanol–water partition coefficient (Wildman–Crippen LogP) is 2.57. The third-order valence-electron chi connectivity index (χ3n) is 3.53. The summed E-state index contributed by atoms with van der Waals surface area (Å²) < 4.78 is 1.86. The van der Waals surface area contributed by atoms with E-state index in [2.05, 4.69) is 10.4 Å². The average molecular weight is 307 g/mol. The van der Waals surface area contributed by atoms with E-state index in [1.54, 1.807) is 24.4 Å². The summed E-state index contributed by atoms with van der Waals surface area (Å²) in [5.41, 5.74) is 2.42. The molecular weight excluding hydrogens is 290 g/mol. The van der Waals surface area contributed by atoms with Crippen LogP contribution in [-0.2, 0) is 13.1 Å². The Labute approximate surface area is 134 Å². The van der Waals surface area contributed by atoms with E-state index in [1.165, 1.54) is 6.07 Å². The van der Waals surface area contributed by atoms with Gasteiger partial charge in [0.1, 0.15) is 5.75 Å². The van der Waals surface area contributed by atoms with Crippen LogP contribution < -0.4 is 5.32 Å². The second-order valence-corrected chi connectivity index (χ2v) is 5.22. The quantitative estimate of drug-likeness (QED) is 0.761. The van der Waals surface area contributed by atoms with Crippen molar-refractivity contribution in [3.05, 3.63) is 83.7 Å². The van der Waals surface area contributed by atoms with Crippen LogP contribution in [0.2, 0.25) is 0 Å². The molecule has 3 rings (SSSR count). The first kappa shape index (κ1) is 14.8. The Morgan fingerprint density at radius 2 is 1.78 bits per heavy atom. The number of hydrogen-bond donors (Lipinski definition) is 2. The van der Waals surface area contributed by atoms with Crippen LogP contribution in [0.1, 0.15) is 21.5 Å². The summed E-state index contributed by atoms with van der Waals surface area (Å²) in [6.07, 6.45) is 3.67. The second-order valence-electron chi connectivity index (χ2n) is 5.22. The van der Waals surface area contributed by atoms with Gasteiger partial charge >= 0.3 is 0 Å². The smallest absolute Gasteiger partial charge is 0.255 e. The molecule has 0 saturated heterocycles. The van der Waals surface area contributed by atoms with E-state index in [0.717, 1.165) is 17.7 Å². The lowest BCUT2D eigenvalue weighted by atomic mass is 10.1. The number of benzene rings is 2. The molecule has 0 saturated carbocycles. The van der Waals surface area contributed by atoms with Gasteiger partial charge in [-0.05, 0) is 29.3 Å². The molecule has 3 aromatic rings. The molecule has 0 bridgehead atoms. The molecule has 2 aromatic carbocycles. The fourth-order valence-electron chi connectivity index (χ4n) is 2.29. The Hall–Kier alpha value is -3.08. The van der Waals surface area contributed by atoms with Crippen molar-refractivity contribution in [3.8, 4) is 5.75 Å². The predicted molar refractivity (Wildman–Crippen MR) is 87.0 cm³/mol. The van der Waals surface area contributed by atoms with E-state index in [-0.39, 0.29) is 17.2 Å². The van der Waals surface area contributed by atoms with Gasteiger partial charge < -0.3 is 10.4 Å². The number of hydrogen-bond acceptors (Lipinski definition) is 3. The van der Waals surface area contributed by atoms with Crippen LogP contribution in [0.4, 0.5) is 0 Å². The van der Waals surface area contributed by atoms with Gasteiger partial charge in [-0.2, -0.15) is 5.10 Å². The highest BCUT2D eigenvalue weighted by Crippen LogP contribution is 2.15. The van der Waals surface area contributed by atoms with E-state index in [4.69, 9.17) is 0 Å². The first-order valence-electron chi connectivity index (χ1n) is 7.34. The number of phenols is 1. The highest BCUT2D eigenvalue weighted by Gasteiger charge is 2.09. The number of aromatic nitrogens is 2. The zero-order valence-corrected chi connectivity index (χ0v) is 12.5. The summed E-state index contributed by atoms with van der Waals surface area (Å²) in [6, 6.07) is 16.4. The molecule has 0 aliphatic heterocycles. The topological polar surface area (TPSA) is 67.2 Å². The molecule has 5 heteroatoms. The summed E-state index contributed by atoms with van der Waals surface area (Å²) in [7, 11) is 0. The molecule has 0 aliphatic rings. The summed E-state index contributed by atoms with van der Waals surface area (Å²) >= 11 is 0. The van der Waals surface area contributed by atoms with Crippen molar-refractivity contribution in [2.45, 2.75) is 13.1 Å². The lowest BCUT2D eigenvalue weighted by Crippen LogP contribution is -2.22. The molecule has 0 spiro atoms. The minimum atomic E-state index is -0.288. The van der Waals surface area contributed by atoms with E-state index >= 15 is 0 Å². The molecule has 0 aliphatic carbocycles. The van der Waals surface area contributed by atoms with Gasteiger partial charge in [0, 0.05) is 18.9 Å². The molecule has 0 unspecified atom stereocenters. The van der Waals surface area contributed by atoms with Crippen LogP contribution in [0.15, 0.2) is 67.0 Å². The van der Waals surface area contributed by atoms with E-state index < -0.39 is 0 Å². The lowest BCUT2D eigenvalue weighted by molar-refractivity contribution is 0.0948. The van der Waals surface area contributed by atoms with Crippen LogP contribution in [0.5, 0.6) is 5.75 Å². The average Bonchev–Trinajstić information content (AvgIpc) is 3.07. The summed E-state index contributed by atoms with van der Waals surface area (Å²) in [6.45, 7) is 1.13. The van der Waals surface area contributed by atoms with E-state index in [0.29, 0.717) is 6.54 Å². The molecular formula is C18H17N3O2. The van der Waals surface area contributed by atoms with E-state index in [1.807, 2.05) is 41.2 Å². The molecule has 5 nitrogen and oxygen atoms in total. The molecule has 1 amide bonds. The number of phenolic OH excluding ortho intramolecular Hbond substituents is 1. The maximum absolute atomic E-state index is 12.0. The molecule has 0 radical (unpaired) electrons. The van der Waals surface area contributed by atoms with Gasteiger partial charge in [0.25, 0.3) is 5.91 Å². The van der Waals surface area contributed by atoms with Gasteiger partial charge in [0.2, 0.25) is 0 Å². The summed E-state index contributed by atoms with van der Waals surface area (Å²) in [4.78, 5) is 12.0. The zero-order chi connectivity index (χ0) is 16.1. The number of para-hydroxylation sites is 1. The van der Waals surface area contributed by atoms with Crippen molar-refractivity contribution in [1.82, 2.24) is 15.1 Å². The van der Waals surface area contributed by atoms with Crippen molar-refractivity contribution in [2.24, 2.45) is 0 Å². The summed E-state index contributed by atoms with van der Waals surface area (Å²) in [5, 5.41) is 16.6. The number of rotatable bonds is 5. The largest absolute Gasteiger partial charge is 0.507 e. The SMILES string of the molecule is O=C(NCc1ccc(Cn2cccn2)cc1)c1ccccc1O. The molecule has 1 aromatic heterocycles. The minimum absolute atomic E-state index is 0.0143. The minimum Gasteiger partial charge on any atom is -0.507 e. The highest BCUT2D eigenvalue weighted by molar-refractivity contribution is 5.96. The summed E-state index contributed by atoms with van der Waals surface area (Å²) in [5.74, 6) is -0.303. The van der Waals surface area contributed by atoms with Crippen molar-refractivity contribution in [2.75, 3.05) is 0 Å². The van der Waals surface area contributed by atoms with Gasteiger partial charge in [-0.1, -0.05) is 36.4 Å². The third-order valence-corrected chi connectivity index (χ3v) is 3.53. The second kappa shape index (κ2) is 6.79. The number of carbonyl (C=O) groups excluding carboxylic acids is 1. The number of nitrogens with zero attached hydrogens (tertiary/aromatic N) is 2. The monoisotopic (exact) mass is 307 g/mol. The normalized spacial score (nSPS) is 10.4. The third kappa shape index (κ3) is 3.77. The van der Waals surface area contributed by atoms with Crippen LogP contribution in [-0.4, -0.2) is 20.8 Å². The molecule has 0 atom stereocenters. The fraction of sp³-hybridized carbons (Fsp3) is 0.111. The molecule has 2 N–H and O–H groups in total. The lowest BCUT2D eigenvalue weighted by Gasteiger charge is -2.08. The van der Waals surface area contributed by atoms with E-state index in [9.17, 15) is 9.90 Å². The number of carbonyl (C=O) groups is 1. The maximum Gasteiger partial charge on any atom is 0.255 e. The van der Waals surface area contributed by atoms with Crippen LogP contribution in [0, 0.1) is 0 Å². The molecule has 0 fully saturated rings. The maximum atomic E-state index is 12.0. The van der Waals surface area contributed by atoms with Crippen LogP contribution in [0.25, 0.3) is 0 Å². The standard InChI is InChI=1S/C18H17N3O2/c22-17-5-2-1-4-16(17)18(23)19-12-14-6-8-15(9-7-14)13-21-11-3-10-20-21/h1-11,22H,12-13H2,(H,19,23). The van der Waals surface area contributed by atoms with Crippen molar-refractivity contribution in [1.29, 1.82) is 0 Å². The number of nitrogens with one attached hydrogen (secondary N) is 1. The zero-order valence-electron chi connectivity index (χ0n) is 12.5. The first-order valence-corrected chi connectivity index (χ1v) is 7.34. The van der Waals surface area contributed by atoms with Gasteiger partial charge in [-0.3, -0.25) is 9.48 Å². The molecule has 1 heterocycles. The van der Waals surface area contributed by atoms with Gasteiger partial charge in [0.15, 0.2) is 0 Å². The van der Waals surface area contributed by atoms with Crippen molar-refractivity contribution >= 4 is 5.91 Å². The van der Waals surface area contributed by atoms with Crippen LogP contribution >= 0.6 is 0 Å². The Morgan fingerprint density at radius 3 is 2.48 bits per heavy atom.